The van der Waals surface area contributed by atoms with Crippen molar-refractivity contribution < 1.29 is 13.6 Å². The van der Waals surface area contributed by atoms with E-state index in [1.54, 1.807) is 4.90 Å². The highest BCUT2D eigenvalue weighted by Crippen LogP contribution is 2.18. The zero-order valence-corrected chi connectivity index (χ0v) is 12.9. The summed E-state index contributed by atoms with van der Waals surface area (Å²) in [5, 5.41) is 5.84. The summed E-state index contributed by atoms with van der Waals surface area (Å²) in [6.45, 7) is 4.48. The van der Waals surface area contributed by atoms with Crippen LogP contribution in [0.25, 0.3) is 0 Å². The van der Waals surface area contributed by atoms with Crippen LogP contribution in [0.2, 0.25) is 0 Å². The van der Waals surface area contributed by atoms with E-state index in [2.05, 4.69) is 17.6 Å². The molecule has 6 heteroatoms. The lowest BCUT2D eigenvalue weighted by Gasteiger charge is -2.34. The first-order chi connectivity index (χ1) is 10.6. The molecular formula is C16H23F2N3O. The van der Waals surface area contributed by atoms with Gasteiger partial charge in [0.05, 0.1) is 5.69 Å². The van der Waals surface area contributed by atoms with Crippen molar-refractivity contribution in [3.05, 3.63) is 29.8 Å². The van der Waals surface area contributed by atoms with E-state index in [0.29, 0.717) is 6.54 Å². The van der Waals surface area contributed by atoms with Crippen LogP contribution < -0.4 is 10.6 Å². The van der Waals surface area contributed by atoms with Gasteiger partial charge in [0, 0.05) is 18.7 Å². The second kappa shape index (κ2) is 8.08. The summed E-state index contributed by atoms with van der Waals surface area (Å²) in [6.07, 6.45) is 3.68. The fourth-order valence-corrected chi connectivity index (χ4v) is 2.67. The highest BCUT2D eigenvalue weighted by atomic mass is 19.1. The first-order valence-electron chi connectivity index (χ1n) is 7.85. The van der Waals surface area contributed by atoms with Crippen molar-refractivity contribution >= 4 is 11.7 Å². The van der Waals surface area contributed by atoms with Gasteiger partial charge < -0.3 is 15.5 Å². The summed E-state index contributed by atoms with van der Waals surface area (Å²) in [5.41, 5.74) is 0.0156. The molecule has 1 aromatic carbocycles. The zero-order valence-electron chi connectivity index (χ0n) is 12.9. The van der Waals surface area contributed by atoms with Crippen LogP contribution in [0.4, 0.5) is 19.3 Å². The van der Waals surface area contributed by atoms with Gasteiger partial charge in [-0.25, -0.2) is 13.6 Å². The maximum atomic E-state index is 13.7. The number of amides is 2. The number of rotatable bonds is 5. The molecule has 1 aromatic rings. The number of nitrogens with one attached hydrogen (secondary N) is 2. The molecule has 1 saturated heterocycles. The fourth-order valence-electron chi connectivity index (χ4n) is 2.67. The Bertz CT molecular complexity index is 504. The Kier molecular flexibility index (Phi) is 6.12. The number of benzene rings is 1. The van der Waals surface area contributed by atoms with E-state index < -0.39 is 11.6 Å². The molecule has 0 radical (unpaired) electrons. The Labute approximate surface area is 129 Å². The van der Waals surface area contributed by atoms with Crippen LogP contribution >= 0.6 is 0 Å². The average Bonchev–Trinajstić information content (AvgIpc) is 2.51. The van der Waals surface area contributed by atoms with Crippen molar-refractivity contribution in [2.45, 2.75) is 38.6 Å². The normalized spacial score (nSPS) is 15.6. The van der Waals surface area contributed by atoms with E-state index in [4.69, 9.17) is 0 Å². The van der Waals surface area contributed by atoms with Gasteiger partial charge in [0.1, 0.15) is 11.6 Å². The van der Waals surface area contributed by atoms with E-state index in [0.717, 1.165) is 50.9 Å². The quantitative estimate of drug-likeness (QED) is 0.876. The molecular weight excluding hydrogens is 288 g/mol. The van der Waals surface area contributed by atoms with Crippen molar-refractivity contribution in [3.63, 3.8) is 0 Å². The van der Waals surface area contributed by atoms with Crippen LogP contribution in [-0.4, -0.2) is 36.6 Å². The van der Waals surface area contributed by atoms with Crippen LogP contribution in [0, 0.1) is 11.6 Å². The number of halogens is 2. The maximum Gasteiger partial charge on any atom is 0.322 e. The summed E-state index contributed by atoms with van der Waals surface area (Å²) in [7, 11) is 0. The van der Waals surface area contributed by atoms with E-state index in [1.165, 1.54) is 6.07 Å². The van der Waals surface area contributed by atoms with Crippen molar-refractivity contribution in [1.82, 2.24) is 10.2 Å². The number of carbonyl (C=O) groups is 1. The van der Waals surface area contributed by atoms with Gasteiger partial charge in [0.2, 0.25) is 0 Å². The molecule has 2 amide bonds. The Morgan fingerprint density at radius 1 is 1.36 bits per heavy atom. The summed E-state index contributed by atoms with van der Waals surface area (Å²) >= 11 is 0. The van der Waals surface area contributed by atoms with Crippen molar-refractivity contribution in [2.24, 2.45) is 0 Å². The number of unbranched alkanes of at least 4 members (excludes halogenated alkanes) is 1. The highest BCUT2D eigenvalue weighted by molar-refractivity contribution is 5.89. The van der Waals surface area contributed by atoms with Gasteiger partial charge in [0.25, 0.3) is 0 Å². The highest BCUT2D eigenvalue weighted by Gasteiger charge is 2.25. The van der Waals surface area contributed by atoms with Gasteiger partial charge in [-0.15, -0.1) is 0 Å². The third-order valence-corrected chi connectivity index (χ3v) is 3.94. The smallest absolute Gasteiger partial charge is 0.321 e. The molecule has 122 valence electrons. The molecule has 2 N–H and O–H groups in total. The topological polar surface area (TPSA) is 44.4 Å². The minimum absolute atomic E-state index is 0.0156. The number of hydrogen-bond acceptors (Lipinski definition) is 2. The molecule has 0 aliphatic carbocycles. The number of urea groups is 1. The molecule has 0 saturated carbocycles. The molecule has 1 fully saturated rings. The molecule has 0 atom stereocenters. The van der Waals surface area contributed by atoms with Crippen LogP contribution in [-0.2, 0) is 0 Å². The fraction of sp³-hybridized carbons (Fsp3) is 0.562. The monoisotopic (exact) mass is 311 g/mol. The largest absolute Gasteiger partial charge is 0.322 e. The molecule has 0 unspecified atom stereocenters. The number of hydrogen-bond donors (Lipinski definition) is 2. The first-order valence-corrected chi connectivity index (χ1v) is 7.85. The van der Waals surface area contributed by atoms with Gasteiger partial charge in [-0.1, -0.05) is 13.3 Å². The van der Waals surface area contributed by atoms with Crippen LogP contribution in [0.3, 0.4) is 0 Å². The Morgan fingerprint density at radius 2 is 2.09 bits per heavy atom. The van der Waals surface area contributed by atoms with Gasteiger partial charge in [-0.2, -0.15) is 0 Å². The lowest BCUT2D eigenvalue weighted by atomic mass is 10.0. The average molecular weight is 311 g/mol. The number of carbonyl (C=O) groups excluding carboxylic acids is 1. The SMILES string of the molecule is CCCCN(C(=O)Nc1ccc(F)cc1F)C1CCNCC1. The van der Waals surface area contributed by atoms with Gasteiger partial charge in [-0.05, 0) is 44.5 Å². The summed E-state index contributed by atoms with van der Waals surface area (Å²) in [6, 6.07) is 3.02. The second-order valence-electron chi connectivity index (χ2n) is 5.58. The molecule has 0 aromatic heterocycles. The van der Waals surface area contributed by atoms with Gasteiger partial charge in [0.15, 0.2) is 0 Å². The third kappa shape index (κ3) is 4.40. The van der Waals surface area contributed by atoms with E-state index in [1.807, 2.05) is 0 Å². The Morgan fingerprint density at radius 3 is 2.73 bits per heavy atom. The lowest BCUT2D eigenvalue weighted by Crippen LogP contribution is -2.48. The number of anilines is 1. The predicted octanol–water partition coefficient (Wildman–Crippen LogP) is 3.35. The van der Waals surface area contributed by atoms with Crippen molar-refractivity contribution in [2.75, 3.05) is 25.0 Å². The number of nitrogens with zero attached hydrogens (tertiary/aromatic N) is 1. The van der Waals surface area contributed by atoms with Crippen LogP contribution in [0.1, 0.15) is 32.6 Å². The molecule has 0 bridgehead atoms. The van der Waals surface area contributed by atoms with E-state index in [9.17, 15) is 13.6 Å². The van der Waals surface area contributed by atoms with Gasteiger partial charge >= 0.3 is 6.03 Å². The van der Waals surface area contributed by atoms with Gasteiger partial charge in [-0.3, -0.25) is 0 Å². The van der Waals surface area contributed by atoms with E-state index in [-0.39, 0.29) is 17.8 Å². The summed E-state index contributed by atoms with van der Waals surface area (Å²) in [5.74, 6) is -1.41. The molecule has 1 aliphatic heterocycles. The maximum absolute atomic E-state index is 13.7. The molecule has 1 heterocycles. The van der Waals surface area contributed by atoms with E-state index >= 15 is 0 Å². The minimum atomic E-state index is -0.755. The van der Waals surface area contributed by atoms with Crippen LogP contribution in [0.5, 0.6) is 0 Å². The zero-order chi connectivity index (χ0) is 15.9. The third-order valence-electron chi connectivity index (χ3n) is 3.94. The van der Waals surface area contributed by atoms with Crippen LogP contribution in [0.15, 0.2) is 18.2 Å². The molecule has 4 nitrogen and oxygen atoms in total. The van der Waals surface area contributed by atoms with Crippen molar-refractivity contribution in [1.29, 1.82) is 0 Å². The Balaban J connectivity index is 2.06. The molecule has 1 aliphatic rings. The predicted molar refractivity (Wildman–Crippen MR) is 82.9 cm³/mol. The standard InChI is InChI=1S/C16H23F2N3O/c1-2-3-10-21(13-6-8-19-9-7-13)16(22)20-15-5-4-12(17)11-14(15)18/h4-5,11,13,19H,2-3,6-10H2,1H3,(H,20,22). The van der Waals surface area contributed by atoms with Crippen molar-refractivity contribution in [3.8, 4) is 0 Å². The summed E-state index contributed by atoms with van der Waals surface area (Å²) < 4.78 is 26.6. The molecule has 0 spiro atoms. The lowest BCUT2D eigenvalue weighted by molar-refractivity contribution is 0.169. The molecule has 2 rings (SSSR count). The number of piperidine rings is 1. The Hall–Kier alpha value is -1.69. The summed E-state index contributed by atoms with van der Waals surface area (Å²) in [4.78, 5) is 14.3. The molecule has 22 heavy (non-hydrogen) atoms. The minimum Gasteiger partial charge on any atom is -0.321 e. The first kappa shape index (κ1) is 16.7. The second-order valence-corrected chi connectivity index (χ2v) is 5.58.